The van der Waals surface area contributed by atoms with E-state index in [4.69, 9.17) is 4.74 Å². The molecule has 3 N–H and O–H groups in total. The van der Waals surface area contributed by atoms with Crippen LogP contribution in [0, 0.1) is 0 Å². The first-order chi connectivity index (χ1) is 17.8. The quantitative estimate of drug-likeness (QED) is 0.522. The number of nitrogens with zero attached hydrogens (tertiary/aromatic N) is 2. The Kier molecular flexibility index (Phi) is 10.0. The second-order valence-electron chi connectivity index (χ2n) is 8.79. The molecule has 2 aromatic carbocycles. The maximum Gasteiger partial charge on any atom is 0.255 e. The normalized spacial score (nSPS) is 19.1. The summed E-state index contributed by atoms with van der Waals surface area (Å²) in [4.78, 5) is 55.8. The van der Waals surface area contributed by atoms with E-state index >= 15 is 0 Å². The van der Waals surface area contributed by atoms with Gasteiger partial charge in [-0.25, -0.2) is 0 Å². The topological polar surface area (TPSA) is 128 Å². The zero-order chi connectivity index (χ0) is 26.8. The van der Waals surface area contributed by atoms with E-state index in [1.165, 1.54) is 9.80 Å². The molecule has 0 saturated carbocycles. The van der Waals surface area contributed by atoms with Crippen LogP contribution in [-0.2, 0) is 20.8 Å². The van der Waals surface area contributed by atoms with Crippen LogP contribution in [0.2, 0.25) is 0 Å². The van der Waals surface area contributed by atoms with E-state index in [1.54, 1.807) is 38.2 Å². The Morgan fingerprint density at radius 1 is 1.08 bits per heavy atom. The van der Waals surface area contributed by atoms with Gasteiger partial charge in [0.25, 0.3) is 5.91 Å². The molecule has 10 nitrogen and oxygen atoms in total. The number of amides is 4. The second kappa shape index (κ2) is 13.4. The summed E-state index contributed by atoms with van der Waals surface area (Å²) in [5.41, 5.74) is 1.07. The number of para-hydroxylation sites is 1. The third-order valence-electron chi connectivity index (χ3n) is 6.16. The number of likely N-dealkylation sites (N-methyl/N-ethyl adjacent to an activating group) is 2. The van der Waals surface area contributed by atoms with Gasteiger partial charge in [-0.15, -0.1) is 0 Å². The van der Waals surface area contributed by atoms with Crippen molar-refractivity contribution in [2.75, 3.05) is 39.9 Å². The van der Waals surface area contributed by atoms with Crippen LogP contribution in [-0.4, -0.2) is 90.5 Å². The van der Waals surface area contributed by atoms with Gasteiger partial charge in [0.15, 0.2) is 0 Å². The number of carbonyl (C=O) groups excluding carboxylic acids is 4. The first kappa shape index (κ1) is 27.7. The molecular formula is C27H34N4O6. The average molecular weight is 511 g/mol. The van der Waals surface area contributed by atoms with E-state index in [0.717, 1.165) is 5.56 Å². The molecule has 0 aliphatic carbocycles. The fourth-order valence-corrected chi connectivity index (χ4v) is 4.14. The van der Waals surface area contributed by atoms with Gasteiger partial charge in [0.05, 0.1) is 25.1 Å². The standard InChI is InChI=1S/C27H34N4O6/c1-3-31(13-15-32)27(36)22-18-24(33)28-21(17-19-9-5-4-6-10-19)26(35)30(2)14-16-37-23-12-8-7-11-20(23)25(34)29-22/h4-12,21-22,32H,3,13-18H2,1-2H3,(H,28,33)(H,29,34)/t21-,22+/m1/s1. The van der Waals surface area contributed by atoms with Crippen LogP contribution in [0.5, 0.6) is 5.75 Å². The van der Waals surface area contributed by atoms with Crippen molar-refractivity contribution in [3.8, 4) is 5.75 Å². The molecule has 10 heteroatoms. The number of rotatable bonds is 6. The van der Waals surface area contributed by atoms with Crippen LogP contribution in [0.3, 0.4) is 0 Å². The summed E-state index contributed by atoms with van der Waals surface area (Å²) in [6.45, 7) is 2.19. The number of aliphatic hydroxyl groups excluding tert-OH is 1. The summed E-state index contributed by atoms with van der Waals surface area (Å²) in [6.07, 6.45) is -0.117. The molecule has 1 aliphatic rings. The number of hydrogen-bond donors (Lipinski definition) is 3. The Labute approximate surface area is 216 Å². The van der Waals surface area contributed by atoms with E-state index in [2.05, 4.69) is 10.6 Å². The Morgan fingerprint density at radius 3 is 2.49 bits per heavy atom. The maximum absolute atomic E-state index is 13.3. The van der Waals surface area contributed by atoms with E-state index in [-0.39, 0.29) is 57.2 Å². The molecule has 1 aliphatic heterocycles. The lowest BCUT2D eigenvalue weighted by Crippen LogP contribution is -2.54. The van der Waals surface area contributed by atoms with E-state index in [9.17, 15) is 24.3 Å². The number of fused-ring (bicyclic) bond motifs is 1. The molecule has 2 aromatic rings. The van der Waals surface area contributed by atoms with Crippen LogP contribution < -0.4 is 15.4 Å². The summed E-state index contributed by atoms with van der Waals surface area (Å²) >= 11 is 0. The van der Waals surface area contributed by atoms with Crippen LogP contribution in [0.15, 0.2) is 54.6 Å². The molecule has 0 fully saturated rings. The molecule has 0 unspecified atom stereocenters. The van der Waals surface area contributed by atoms with Crippen molar-refractivity contribution in [3.63, 3.8) is 0 Å². The number of benzene rings is 2. The summed E-state index contributed by atoms with van der Waals surface area (Å²) < 4.78 is 5.83. The fraction of sp³-hybridized carbons (Fsp3) is 0.407. The molecule has 37 heavy (non-hydrogen) atoms. The highest BCUT2D eigenvalue weighted by Gasteiger charge is 2.31. The van der Waals surface area contributed by atoms with Crippen molar-refractivity contribution >= 4 is 23.6 Å². The smallest absolute Gasteiger partial charge is 0.255 e. The molecule has 0 spiro atoms. The van der Waals surface area contributed by atoms with Crippen molar-refractivity contribution < 1.29 is 29.0 Å². The number of ether oxygens (including phenoxy) is 1. The maximum atomic E-state index is 13.3. The SMILES string of the molecule is CCN(CCO)C(=O)[C@@H]1CC(=O)N[C@H](Cc2ccccc2)C(=O)N(C)CCOc2ccccc2C(=O)N1. The van der Waals surface area contributed by atoms with Crippen molar-refractivity contribution in [1.82, 2.24) is 20.4 Å². The molecule has 1 heterocycles. The Bertz CT molecular complexity index is 1090. The predicted molar refractivity (Wildman–Crippen MR) is 137 cm³/mol. The highest BCUT2D eigenvalue weighted by Crippen LogP contribution is 2.19. The van der Waals surface area contributed by atoms with Crippen molar-refractivity contribution in [3.05, 3.63) is 65.7 Å². The minimum atomic E-state index is -1.21. The average Bonchev–Trinajstić information content (AvgIpc) is 2.90. The highest BCUT2D eigenvalue weighted by atomic mass is 16.5. The second-order valence-corrected chi connectivity index (χ2v) is 8.79. The zero-order valence-corrected chi connectivity index (χ0v) is 21.2. The van der Waals surface area contributed by atoms with Crippen molar-refractivity contribution in [2.24, 2.45) is 0 Å². The highest BCUT2D eigenvalue weighted by molar-refractivity contribution is 6.01. The molecule has 0 bridgehead atoms. The van der Waals surface area contributed by atoms with E-state index in [0.29, 0.717) is 5.75 Å². The van der Waals surface area contributed by atoms with Gasteiger partial charge in [-0.3, -0.25) is 19.2 Å². The molecule has 4 amide bonds. The Hall–Kier alpha value is -3.92. The largest absolute Gasteiger partial charge is 0.491 e. The molecule has 0 saturated heterocycles. The van der Waals surface area contributed by atoms with Crippen molar-refractivity contribution in [1.29, 1.82) is 0 Å². The first-order valence-electron chi connectivity index (χ1n) is 12.3. The lowest BCUT2D eigenvalue weighted by atomic mass is 10.0. The fourth-order valence-electron chi connectivity index (χ4n) is 4.14. The summed E-state index contributed by atoms with van der Waals surface area (Å²) in [5.74, 6) is -1.62. The van der Waals surface area contributed by atoms with E-state index in [1.807, 2.05) is 30.3 Å². The number of aliphatic hydroxyl groups is 1. The van der Waals surface area contributed by atoms with Crippen LogP contribution in [0.25, 0.3) is 0 Å². The van der Waals surface area contributed by atoms with E-state index < -0.39 is 29.8 Å². The van der Waals surface area contributed by atoms with Gasteiger partial charge in [-0.1, -0.05) is 42.5 Å². The molecular weight excluding hydrogens is 476 g/mol. The number of carbonyl (C=O) groups is 4. The number of nitrogens with one attached hydrogen (secondary N) is 2. The molecule has 3 rings (SSSR count). The van der Waals surface area contributed by atoms with Crippen LogP contribution >= 0.6 is 0 Å². The van der Waals surface area contributed by atoms with Gasteiger partial charge in [-0.05, 0) is 24.6 Å². The predicted octanol–water partition coefficient (Wildman–Crippen LogP) is 0.594. The van der Waals surface area contributed by atoms with Crippen LogP contribution in [0.1, 0.15) is 29.3 Å². The first-order valence-corrected chi connectivity index (χ1v) is 12.3. The monoisotopic (exact) mass is 510 g/mol. The minimum absolute atomic E-state index is 0.0585. The molecule has 2 atom stereocenters. The summed E-state index contributed by atoms with van der Waals surface area (Å²) in [7, 11) is 1.63. The molecule has 0 radical (unpaired) electrons. The Balaban J connectivity index is 1.94. The molecule has 0 aromatic heterocycles. The van der Waals surface area contributed by atoms with Gasteiger partial charge in [0.1, 0.15) is 24.4 Å². The lowest BCUT2D eigenvalue weighted by molar-refractivity contribution is -0.138. The van der Waals surface area contributed by atoms with Gasteiger partial charge < -0.3 is 30.3 Å². The zero-order valence-electron chi connectivity index (χ0n) is 21.2. The molecule has 198 valence electrons. The number of hydrogen-bond acceptors (Lipinski definition) is 6. The van der Waals surface area contributed by atoms with Gasteiger partial charge >= 0.3 is 0 Å². The summed E-state index contributed by atoms with van der Waals surface area (Å²) in [6, 6.07) is 13.8. The summed E-state index contributed by atoms with van der Waals surface area (Å²) in [5, 5.41) is 14.8. The van der Waals surface area contributed by atoms with Gasteiger partial charge in [0, 0.05) is 26.6 Å². The third-order valence-corrected chi connectivity index (χ3v) is 6.16. The van der Waals surface area contributed by atoms with Gasteiger partial charge in [-0.2, -0.15) is 0 Å². The van der Waals surface area contributed by atoms with Crippen LogP contribution in [0.4, 0.5) is 0 Å². The van der Waals surface area contributed by atoms with Gasteiger partial charge in [0.2, 0.25) is 17.7 Å². The lowest BCUT2D eigenvalue weighted by Gasteiger charge is -2.28. The third kappa shape index (κ3) is 7.53. The van der Waals surface area contributed by atoms with Crippen molar-refractivity contribution in [2.45, 2.75) is 31.8 Å². The minimum Gasteiger partial charge on any atom is -0.491 e. The Morgan fingerprint density at radius 2 is 1.78 bits per heavy atom.